The molecule has 2 aromatic heterocycles. The molecule has 0 radical (unpaired) electrons. The maximum Gasteiger partial charge on any atom is 0.341 e. The predicted molar refractivity (Wildman–Crippen MR) is 115 cm³/mol. The third-order valence-electron chi connectivity index (χ3n) is 4.36. The number of ether oxygens (including phenoxy) is 1. The zero-order valence-corrected chi connectivity index (χ0v) is 17.2. The molecule has 0 aliphatic rings. The minimum absolute atomic E-state index is 0.0257. The second kappa shape index (κ2) is 9.95. The minimum atomic E-state index is -0.445. The summed E-state index contributed by atoms with van der Waals surface area (Å²) in [6.07, 6.45) is 3.47. The van der Waals surface area contributed by atoms with Crippen molar-refractivity contribution >= 4 is 28.2 Å². The fourth-order valence-corrected chi connectivity index (χ4v) is 3.83. The lowest BCUT2D eigenvalue weighted by atomic mass is 10.0. The molecule has 0 spiro atoms. The number of nitrogens with one attached hydrogen (secondary N) is 2. The number of hydrogen-bond donors (Lipinski definition) is 2. The SMILES string of the molecule is CCOC(=O)c1c(-c2ccccc2)csc1NC(=O)CNC(C)c1cccnc1. The van der Waals surface area contributed by atoms with Gasteiger partial charge in [-0.05, 0) is 31.0 Å². The van der Waals surface area contributed by atoms with E-state index in [-0.39, 0.29) is 25.1 Å². The highest BCUT2D eigenvalue weighted by molar-refractivity contribution is 7.15. The summed E-state index contributed by atoms with van der Waals surface area (Å²) >= 11 is 1.31. The van der Waals surface area contributed by atoms with Crippen LogP contribution < -0.4 is 10.6 Å². The molecule has 7 heteroatoms. The van der Waals surface area contributed by atoms with Crippen LogP contribution in [0.25, 0.3) is 11.1 Å². The van der Waals surface area contributed by atoms with E-state index in [4.69, 9.17) is 4.74 Å². The van der Waals surface area contributed by atoms with Crippen LogP contribution in [0, 0.1) is 0 Å². The van der Waals surface area contributed by atoms with E-state index in [1.807, 2.05) is 54.8 Å². The van der Waals surface area contributed by atoms with E-state index in [1.54, 1.807) is 19.3 Å². The average molecular weight is 410 g/mol. The monoisotopic (exact) mass is 409 g/mol. The van der Waals surface area contributed by atoms with Gasteiger partial charge in [-0.3, -0.25) is 9.78 Å². The highest BCUT2D eigenvalue weighted by Crippen LogP contribution is 2.36. The van der Waals surface area contributed by atoms with E-state index >= 15 is 0 Å². The highest BCUT2D eigenvalue weighted by atomic mass is 32.1. The first-order chi connectivity index (χ1) is 14.1. The number of thiophene rings is 1. The zero-order valence-electron chi connectivity index (χ0n) is 16.3. The van der Waals surface area contributed by atoms with Crippen LogP contribution in [-0.2, 0) is 9.53 Å². The molecular weight excluding hydrogens is 386 g/mol. The number of carbonyl (C=O) groups is 2. The molecule has 1 unspecified atom stereocenters. The molecule has 0 saturated heterocycles. The van der Waals surface area contributed by atoms with Gasteiger partial charge in [0, 0.05) is 29.4 Å². The number of esters is 1. The molecular formula is C22H23N3O3S. The molecule has 6 nitrogen and oxygen atoms in total. The fourth-order valence-electron chi connectivity index (χ4n) is 2.85. The summed E-state index contributed by atoms with van der Waals surface area (Å²) < 4.78 is 5.22. The second-order valence-corrected chi connectivity index (χ2v) is 7.26. The Labute approximate surface area is 173 Å². The van der Waals surface area contributed by atoms with E-state index in [2.05, 4.69) is 15.6 Å². The number of pyridine rings is 1. The minimum Gasteiger partial charge on any atom is -0.462 e. The van der Waals surface area contributed by atoms with Crippen molar-refractivity contribution in [3.63, 3.8) is 0 Å². The van der Waals surface area contributed by atoms with Gasteiger partial charge >= 0.3 is 5.97 Å². The normalized spacial score (nSPS) is 11.7. The van der Waals surface area contributed by atoms with Gasteiger partial charge in [-0.2, -0.15) is 0 Å². The molecule has 0 saturated carbocycles. The maximum absolute atomic E-state index is 12.6. The van der Waals surface area contributed by atoms with Crippen molar-refractivity contribution in [3.8, 4) is 11.1 Å². The molecule has 3 rings (SSSR count). The summed E-state index contributed by atoms with van der Waals surface area (Å²) in [5.74, 6) is -0.674. The number of amides is 1. The van der Waals surface area contributed by atoms with Gasteiger partial charge in [-0.25, -0.2) is 4.79 Å². The van der Waals surface area contributed by atoms with Crippen LogP contribution in [0.2, 0.25) is 0 Å². The summed E-state index contributed by atoms with van der Waals surface area (Å²) in [7, 11) is 0. The van der Waals surface area contributed by atoms with E-state index in [0.29, 0.717) is 10.6 Å². The van der Waals surface area contributed by atoms with E-state index in [0.717, 1.165) is 16.7 Å². The number of aromatic nitrogens is 1. The third-order valence-corrected chi connectivity index (χ3v) is 5.26. The Hall–Kier alpha value is -3.03. The van der Waals surface area contributed by atoms with Gasteiger partial charge in [0.25, 0.3) is 0 Å². The second-order valence-electron chi connectivity index (χ2n) is 6.38. The van der Waals surface area contributed by atoms with Crippen LogP contribution >= 0.6 is 11.3 Å². The molecule has 0 aliphatic heterocycles. The molecule has 150 valence electrons. The summed E-state index contributed by atoms with van der Waals surface area (Å²) in [6.45, 7) is 4.10. The lowest BCUT2D eigenvalue weighted by molar-refractivity contribution is -0.115. The lowest BCUT2D eigenvalue weighted by Gasteiger charge is -2.14. The Morgan fingerprint density at radius 3 is 2.66 bits per heavy atom. The van der Waals surface area contributed by atoms with Crippen molar-refractivity contribution in [3.05, 3.63) is 71.4 Å². The van der Waals surface area contributed by atoms with E-state index in [9.17, 15) is 9.59 Å². The van der Waals surface area contributed by atoms with Crippen molar-refractivity contribution in [1.82, 2.24) is 10.3 Å². The summed E-state index contributed by atoms with van der Waals surface area (Å²) in [5, 5.41) is 8.37. The topological polar surface area (TPSA) is 80.3 Å². The Kier molecular flexibility index (Phi) is 7.10. The van der Waals surface area contributed by atoms with Crippen LogP contribution in [0.4, 0.5) is 5.00 Å². The van der Waals surface area contributed by atoms with Gasteiger partial charge in [-0.15, -0.1) is 11.3 Å². The Morgan fingerprint density at radius 1 is 1.17 bits per heavy atom. The van der Waals surface area contributed by atoms with Gasteiger partial charge in [0.05, 0.1) is 13.2 Å². The number of rotatable bonds is 8. The fraction of sp³-hybridized carbons (Fsp3) is 0.227. The van der Waals surface area contributed by atoms with Crippen LogP contribution in [0.15, 0.2) is 60.2 Å². The number of anilines is 1. The molecule has 1 amide bonds. The number of hydrogen-bond acceptors (Lipinski definition) is 6. The average Bonchev–Trinajstić information content (AvgIpc) is 3.17. The van der Waals surface area contributed by atoms with Gasteiger partial charge in [0.1, 0.15) is 10.6 Å². The van der Waals surface area contributed by atoms with Crippen LogP contribution in [0.1, 0.15) is 35.8 Å². The summed E-state index contributed by atoms with van der Waals surface area (Å²) in [5.41, 5.74) is 3.03. The largest absolute Gasteiger partial charge is 0.462 e. The zero-order chi connectivity index (χ0) is 20.6. The lowest BCUT2D eigenvalue weighted by Crippen LogP contribution is -2.30. The van der Waals surface area contributed by atoms with Gasteiger partial charge in [0.15, 0.2) is 0 Å². The van der Waals surface area contributed by atoms with E-state index in [1.165, 1.54) is 11.3 Å². The van der Waals surface area contributed by atoms with Crippen molar-refractivity contribution in [1.29, 1.82) is 0 Å². The van der Waals surface area contributed by atoms with Crippen LogP contribution in [0.3, 0.4) is 0 Å². The molecule has 1 atom stereocenters. The summed E-state index contributed by atoms with van der Waals surface area (Å²) in [4.78, 5) is 29.1. The Bertz CT molecular complexity index is 958. The molecule has 29 heavy (non-hydrogen) atoms. The standard InChI is InChI=1S/C22H23N3O3S/c1-3-28-22(27)20-18(16-8-5-4-6-9-16)14-29-21(20)25-19(26)13-24-15(2)17-10-7-11-23-12-17/h4-12,14-15,24H,3,13H2,1-2H3,(H,25,26). The van der Waals surface area contributed by atoms with Crippen molar-refractivity contribution in [2.75, 3.05) is 18.5 Å². The number of nitrogens with zero attached hydrogens (tertiary/aromatic N) is 1. The molecule has 3 aromatic rings. The Morgan fingerprint density at radius 2 is 1.97 bits per heavy atom. The molecule has 0 aliphatic carbocycles. The third kappa shape index (κ3) is 5.28. The molecule has 2 heterocycles. The molecule has 1 aromatic carbocycles. The van der Waals surface area contributed by atoms with Crippen LogP contribution in [0.5, 0.6) is 0 Å². The predicted octanol–water partition coefficient (Wildman–Crippen LogP) is 4.28. The summed E-state index contributed by atoms with van der Waals surface area (Å²) in [6, 6.07) is 13.4. The van der Waals surface area contributed by atoms with Gasteiger partial charge < -0.3 is 15.4 Å². The first-order valence-corrected chi connectivity index (χ1v) is 10.2. The van der Waals surface area contributed by atoms with Crippen molar-refractivity contribution < 1.29 is 14.3 Å². The number of carbonyl (C=O) groups excluding carboxylic acids is 2. The van der Waals surface area contributed by atoms with Crippen LogP contribution in [-0.4, -0.2) is 30.0 Å². The highest BCUT2D eigenvalue weighted by Gasteiger charge is 2.22. The first-order valence-electron chi connectivity index (χ1n) is 9.37. The molecule has 0 fully saturated rings. The van der Waals surface area contributed by atoms with Crippen molar-refractivity contribution in [2.24, 2.45) is 0 Å². The smallest absolute Gasteiger partial charge is 0.341 e. The quantitative estimate of drug-likeness (QED) is 0.543. The first kappa shape index (κ1) is 20.7. The molecule has 2 N–H and O–H groups in total. The maximum atomic E-state index is 12.6. The Balaban J connectivity index is 1.73. The van der Waals surface area contributed by atoms with Gasteiger partial charge in [0.2, 0.25) is 5.91 Å². The molecule has 0 bridgehead atoms. The van der Waals surface area contributed by atoms with E-state index < -0.39 is 5.97 Å². The van der Waals surface area contributed by atoms with Crippen molar-refractivity contribution in [2.45, 2.75) is 19.9 Å². The number of benzene rings is 1. The van der Waals surface area contributed by atoms with Gasteiger partial charge in [-0.1, -0.05) is 36.4 Å².